The van der Waals surface area contributed by atoms with Gasteiger partial charge in [-0.1, -0.05) is 48.5 Å². The Labute approximate surface area is 135 Å². The predicted octanol–water partition coefficient (Wildman–Crippen LogP) is 3.74. The first kappa shape index (κ1) is 16.3. The summed E-state index contributed by atoms with van der Waals surface area (Å²) in [6, 6.07) is 19.2. The molecule has 2 rings (SSSR count). The lowest BCUT2D eigenvalue weighted by Crippen LogP contribution is -2.04. The molecule has 2 aromatic carbocycles. The van der Waals surface area contributed by atoms with Crippen molar-refractivity contribution in [3.63, 3.8) is 0 Å². The van der Waals surface area contributed by atoms with E-state index in [1.54, 1.807) is 6.08 Å². The fourth-order valence-electron chi connectivity index (χ4n) is 2.05. The van der Waals surface area contributed by atoms with Crippen LogP contribution in [0.25, 0.3) is 6.08 Å². The Kier molecular flexibility index (Phi) is 5.96. The molecule has 0 aliphatic heterocycles. The van der Waals surface area contributed by atoms with Gasteiger partial charge in [-0.25, -0.2) is 4.79 Å². The summed E-state index contributed by atoms with van der Waals surface area (Å²) in [7, 11) is 1.30. The van der Waals surface area contributed by atoms with E-state index in [9.17, 15) is 4.79 Å². The van der Waals surface area contributed by atoms with Crippen molar-refractivity contribution in [3.8, 4) is 11.8 Å². The van der Waals surface area contributed by atoms with Crippen LogP contribution in [0.2, 0.25) is 0 Å². The Balaban J connectivity index is 2.22. The molecule has 0 aliphatic carbocycles. The summed E-state index contributed by atoms with van der Waals surface area (Å²) in [5, 5.41) is 8.85. The lowest BCUT2D eigenvalue weighted by atomic mass is 10.1. The molecule has 0 saturated carbocycles. The van der Waals surface area contributed by atoms with Gasteiger partial charge in [0.1, 0.15) is 12.4 Å². The third-order valence-corrected chi connectivity index (χ3v) is 3.20. The van der Waals surface area contributed by atoms with Crippen molar-refractivity contribution in [1.29, 1.82) is 5.26 Å². The fourth-order valence-corrected chi connectivity index (χ4v) is 2.05. The molecular weight excluding hydrogens is 290 g/mol. The highest BCUT2D eigenvalue weighted by molar-refractivity contribution is 5.94. The first-order valence-corrected chi connectivity index (χ1v) is 7.16. The lowest BCUT2D eigenvalue weighted by molar-refractivity contribution is -0.136. The number of ether oxygens (including phenoxy) is 2. The summed E-state index contributed by atoms with van der Waals surface area (Å²) < 4.78 is 10.5. The van der Waals surface area contributed by atoms with Crippen molar-refractivity contribution in [1.82, 2.24) is 0 Å². The third kappa shape index (κ3) is 4.72. The Morgan fingerprint density at radius 3 is 2.52 bits per heavy atom. The molecular formula is C19H17NO3. The Morgan fingerprint density at radius 2 is 1.83 bits per heavy atom. The van der Waals surface area contributed by atoms with E-state index in [0.717, 1.165) is 11.1 Å². The highest BCUT2D eigenvalue weighted by Crippen LogP contribution is 2.23. The second-order valence-electron chi connectivity index (χ2n) is 4.81. The number of methoxy groups -OCH3 is 1. The molecule has 0 unspecified atom stereocenters. The SMILES string of the molecule is COC(=O)/C(=C/c1ccccc1OCc1ccccc1)CC#N. The first-order valence-electron chi connectivity index (χ1n) is 7.16. The largest absolute Gasteiger partial charge is 0.488 e. The summed E-state index contributed by atoms with van der Waals surface area (Å²) in [6.45, 7) is 0.428. The number of nitriles is 1. The minimum absolute atomic E-state index is 0.0142. The van der Waals surface area contributed by atoms with Gasteiger partial charge in [-0.05, 0) is 17.7 Å². The Bertz CT molecular complexity index is 730. The van der Waals surface area contributed by atoms with E-state index >= 15 is 0 Å². The molecule has 4 nitrogen and oxygen atoms in total. The summed E-state index contributed by atoms with van der Waals surface area (Å²) >= 11 is 0. The normalized spacial score (nSPS) is 10.7. The third-order valence-electron chi connectivity index (χ3n) is 3.20. The second-order valence-corrected chi connectivity index (χ2v) is 4.81. The highest BCUT2D eigenvalue weighted by atomic mass is 16.5. The van der Waals surface area contributed by atoms with Crippen molar-refractivity contribution in [2.75, 3.05) is 7.11 Å². The van der Waals surface area contributed by atoms with E-state index in [-0.39, 0.29) is 6.42 Å². The quantitative estimate of drug-likeness (QED) is 0.602. The fraction of sp³-hybridized carbons (Fsp3) is 0.158. The van der Waals surface area contributed by atoms with Crippen LogP contribution in [-0.2, 0) is 16.1 Å². The van der Waals surface area contributed by atoms with Crippen molar-refractivity contribution in [2.24, 2.45) is 0 Å². The van der Waals surface area contributed by atoms with Gasteiger partial charge < -0.3 is 9.47 Å². The Hall–Kier alpha value is -3.06. The summed E-state index contributed by atoms with van der Waals surface area (Å²) in [5.74, 6) is 0.139. The molecule has 0 aliphatic rings. The van der Waals surface area contributed by atoms with E-state index in [2.05, 4.69) is 0 Å². The van der Waals surface area contributed by atoms with Crippen LogP contribution >= 0.6 is 0 Å². The molecule has 0 N–H and O–H groups in total. The average Bonchev–Trinajstić information content (AvgIpc) is 2.60. The van der Waals surface area contributed by atoms with Crippen LogP contribution in [0.5, 0.6) is 5.75 Å². The van der Waals surface area contributed by atoms with Gasteiger partial charge in [0, 0.05) is 5.56 Å². The predicted molar refractivity (Wildman–Crippen MR) is 87.4 cm³/mol. The monoisotopic (exact) mass is 307 g/mol. The highest BCUT2D eigenvalue weighted by Gasteiger charge is 2.11. The minimum atomic E-state index is -0.510. The summed E-state index contributed by atoms with van der Waals surface area (Å²) in [5.41, 5.74) is 2.08. The number of carbonyl (C=O) groups excluding carboxylic acids is 1. The van der Waals surface area contributed by atoms with Crippen LogP contribution in [0.15, 0.2) is 60.2 Å². The maximum Gasteiger partial charge on any atom is 0.334 e. The smallest absolute Gasteiger partial charge is 0.334 e. The molecule has 0 atom stereocenters. The van der Waals surface area contributed by atoms with Crippen LogP contribution in [-0.4, -0.2) is 13.1 Å². The molecule has 0 saturated heterocycles. The number of esters is 1. The van der Waals surface area contributed by atoms with E-state index in [1.165, 1.54) is 7.11 Å². The molecule has 0 spiro atoms. The van der Waals surface area contributed by atoms with Gasteiger partial charge in [-0.15, -0.1) is 0 Å². The van der Waals surface area contributed by atoms with Crippen molar-refractivity contribution < 1.29 is 14.3 Å². The van der Waals surface area contributed by atoms with Crippen molar-refractivity contribution in [3.05, 3.63) is 71.3 Å². The number of benzene rings is 2. The van der Waals surface area contributed by atoms with E-state index in [0.29, 0.717) is 17.9 Å². The molecule has 116 valence electrons. The minimum Gasteiger partial charge on any atom is -0.488 e. The van der Waals surface area contributed by atoms with Crippen LogP contribution in [0.4, 0.5) is 0 Å². The summed E-state index contributed by atoms with van der Waals surface area (Å²) in [6.07, 6.45) is 1.62. The molecule has 0 fully saturated rings. The average molecular weight is 307 g/mol. The van der Waals surface area contributed by atoms with Crippen molar-refractivity contribution in [2.45, 2.75) is 13.0 Å². The number of carbonyl (C=O) groups is 1. The van der Waals surface area contributed by atoms with E-state index < -0.39 is 5.97 Å². The van der Waals surface area contributed by atoms with Crippen molar-refractivity contribution >= 4 is 12.0 Å². The van der Waals surface area contributed by atoms with E-state index in [1.807, 2.05) is 60.7 Å². The van der Waals surface area contributed by atoms with Crippen LogP contribution in [0.3, 0.4) is 0 Å². The molecule has 0 radical (unpaired) electrons. The first-order chi connectivity index (χ1) is 11.2. The maximum atomic E-state index is 11.7. The zero-order valence-corrected chi connectivity index (χ0v) is 12.9. The van der Waals surface area contributed by atoms with Gasteiger partial charge in [0.2, 0.25) is 0 Å². The second kappa shape index (κ2) is 8.40. The zero-order valence-electron chi connectivity index (χ0n) is 12.9. The molecule has 0 aromatic heterocycles. The van der Waals surface area contributed by atoms with Crippen LogP contribution in [0, 0.1) is 11.3 Å². The molecule has 23 heavy (non-hydrogen) atoms. The van der Waals surface area contributed by atoms with Crippen LogP contribution in [0.1, 0.15) is 17.5 Å². The molecule has 2 aromatic rings. The van der Waals surface area contributed by atoms with Gasteiger partial charge in [-0.2, -0.15) is 5.26 Å². The molecule has 0 bridgehead atoms. The van der Waals surface area contributed by atoms with Gasteiger partial charge in [0.05, 0.1) is 25.2 Å². The van der Waals surface area contributed by atoms with Crippen LogP contribution < -0.4 is 4.74 Å². The van der Waals surface area contributed by atoms with E-state index in [4.69, 9.17) is 14.7 Å². The number of nitrogens with zero attached hydrogens (tertiary/aromatic N) is 1. The number of para-hydroxylation sites is 1. The molecule has 0 amide bonds. The molecule has 4 heteroatoms. The molecule has 0 heterocycles. The van der Waals surface area contributed by atoms with Gasteiger partial charge in [-0.3, -0.25) is 0 Å². The van der Waals surface area contributed by atoms with Gasteiger partial charge in [0.25, 0.3) is 0 Å². The Morgan fingerprint density at radius 1 is 1.13 bits per heavy atom. The summed E-state index contributed by atoms with van der Waals surface area (Å²) in [4.78, 5) is 11.7. The number of rotatable bonds is 6. The standard InChI is InChI=1S/C19H17NO3/c1-22-19(21)17(11-12-20)13-16-9-5-6-10-18(16)23-14-15-7-3-2-4-8-15/h2-10,13H,11,14H2,1H3/b17-13+. The topological polar surface area (TPSA) is 59.3 Å². The van der Waals surface area contributed by atoms with Gasteiger partial charge >= 0.3 is 5.97 Å². The lowest BCUT2D eigenvalue weighted by Gasteiger charge is -2.10. The number of hydrogen-bond acceptors (Lipinski definition) is 4. The number of hydrogen-bond donors (Lipinski definition) is 0. The zero-order chi connectivity index (χ0) is 16.5. The maximum absolute atomic E-state index is 11.7. The van der Waals surface area contributed by atoms with Gasteiger partial charge in [0.15, 0.2) is 0 Å².